The summed E-state index contributed by atoms with van der Waals surface area (Å²) in [7, 11) is 0. The molecular weight excluding hydrogens is 295 g/mol. The van der Waals surface area contributed by atoms with E-state index < -0.39 is 0 Å². The molecule has 1 aromatic heterocycles. The maximum atomic E-state index is 12.7. The van der Waals surface area contributed by atoms with Crippen molar-refractivity contribution in [1.82, 2.24) is 5.32 Å². The predicted molar refractivity (Wildman–Crippen MR) is 84.1 cm³/mol. The molecule has 0 spiro atoms. The fraction of sp³-hybridized carbons (Fsp3) is 0. The second kappa shape index (κ2) is 6.93. The first-order chi connectivity index (χ1) is 9.63. The summed E-state index contributed by atoms with van der Waals surface area (Å²) in [6, 6.07) is 9.50. The number of benzene rings is 1. The lowest BCUT2D eigenvalue weighted by Crippen LogP contribution is -2.32. The second-order valence-electron chi connectivity index (χ2n) is 3.80. The predicted octanol–water partition coefficient (Wildman–Crippen LogP) is 3.41. The van der Waals surface area contributed by atoms with E-state index in [1.54, 1.807) is 6.08 Å². The second-order valence-corrected chi connectivity index (χ2v) is 5.19. The number of hydrogen-bond donors (Lipinski definition) is 2. The minimum atomic E-state index is -0.329. The summed E-state index contributed by atoms with van der Waals surface area (Å²) >= 11 is 6.53. The zero-order chi connectivity index (χ0) is 14.4. The van der Waals surface area contributed by atoms with Gasteiger partial charge in [-0.1, -0.05) is 6.07 Å². The highest BCUT2D eigenvalue weighted by molar-refractivity contribution is 7.80. The van der Waals surface area contributed by atoms with E-state index in [9.17, 15) is 9.18 Å². The molecule has 20 heavy (non-hydrogen) atoms. The van der Waals surface area contributed by atoms with E-state index in [2.05, 4.69) is 10.6 Å². The van der Waals surface area contributed by atoms with Crippen molar-refractivity contribution in [1.29, 1.82) is 0 Å². The number of rotatable bonds is 3. The maximum Gasteiger partial charge on any atom is 0.250 e. The third-order valence-corrected chi connectivity index (χ3v) is 3.32. The van der Waals surface area contributed by atoms with Gasteiger partial charge in [-0.05, 0) is 54.0 Å². The number of carbonyl (C=O) groups is 1. The van der Waals surface area contributed by atoms with Crippen molar-refractivity contribution in [2.75, 3.05) is 5.32 Å². The Morgan fingerprint density at radius 1 is 1.25 bits per heavy atom. The molecule has 2 N–H and O–H groups in total. The third-order valence-electron chi connectivity index (χ3n) is 2.28. The number of hydrogen-bond acceptors (Lipinski definition) is 3. The molecule has 0 fully saturated rings. The lowest BCUT2D eigenvalue weighted by Gasteiger charge is -2.07. The van der Waals surface area contributed by atoms with Crippen LogP contribution in [-0.2, 0) is 4.79 Å². The summed E-state index contributed by atoms with van der Waals surface area (Å²) in [6.45, 7) is 0. The Balaban J connectivity index is 1.85. The Morgan fingerprint density at radius 2 is 2.00 bits per heavy atom. The van der Waals surface area contributed by atoms with Crippen LogP contribution in [0.4, 0.5) is 10.1 Å². The minimum absolute atomic E-state index is 0.164. The van der Waals surface area contributed by atoms with Gasteiger partial charge in [0.1, 0.15) is 5.82 Å². The fourth-order valence-corrected chi connectivity index (χ4v) is 2.23. The van der Waals surface area contributed by atoms with E-state index in [0.717, 1.165) is 4.88 Å². The monoisotopic (exact) mass is 306 g/mol. The van der Waals surface area contributed by atoms with Crippen LogP contribution in [0.5, 0.6) is 0 Å². The zero-order valence-corrected chi connectivity index (χ0v) is 11.9. The van der Waals surface area contributed by atoms with Crippen molar-refractivity contribution < 1.29 is 9.18 Å². The molecule has 0 saturated heterocycles. The highest BCUT2D eigenvalue weighted by Crippen LogP contribution is 2.10. The molecule has 0 atom stereocenters. The first-order valence-electron chi connectivity index (χ1n) is 5.72. The molecular formula is C14H11FN2OS2. The number of thiophene rings is 1. The van der Waals surface area contributed by atoms with Crippen molar-refractivity contribution >= 4 is 46.3 Å². The van der Waals surface area contributed by atoms with Gasteiger partial charge in [0.05, 0.1) is 0 Å². The molecule has 102 valence electrons. The normalized spacial score (nSPS) is 10.4. The van der Waals surface area contributed by atoms with Gasteiger partial charge in [0, 0.05) is 16.6 Å². The summed E-state index contributed by atoms with van der Waals surface area (Å²) in [5.41, 5.74) is 0.610. The van der Waals surface area contributed by atoms with E-state index in [4.69, 9.17) is 12.2 Å². The molecule has 0 bridgehead atoms. The van der Waals surface area contributed by atoms with Crippen molar-refractivity contribution in [2.45, 2.75) is 0 Å². The van der Waals surface area contributed by atoms with Gasteiger partial charge in [0.15, 0.2) is 5.11 Å². The van der Waals surface area contributed by atoms with Crippen LogP contribution in [0.3, 0.4) is 0 Å². The molecule has 1 aromatic carbocycles. The Hall–Kier alpha value is -2.05. The zero-order valence-electron chi connectivity index (χ0n) is 10.3. The van der Waals surface area contributed by atoms with Gasteiger partial charge >= 0.3 is 0 Å². The SMILES string of the molecule is O=C(/C=C/c1cccs1)NC(=S)Nc1ccc(F)cc1. The first kappa shape index (κ1) is 14.4. The number of anilines is 1. The van der Waals surface area contributed by atoms with Crippen LogP contribution >= 0.6 is 23.6 Å². The van der Waals surface area contributed by atoms with E-state index >= 15 is 0 Å². The number of halogens is 1. The lowest BCUT2D eigenvalue weighted by atomic mass is 10.3. The van der Waals surface area contributed by atoms with Gasteiger partial charge < -0.3 is 5.32 Å². The number of amides is 1. The van der Waals surface area contributed by atoms with Gasteiger partial charge in [-0.15, -0.1) is 11.3 Å². The molecule has 1 heterocycles. The topological polar surface area (TPSA) is 41.1 Å². The molecule has 0 aliphatic rings. The molecule has 0 aliphatic carbocycles. The molecule has 0 aliphatic heterocycles. The van der Waals surface area contributed by atoms with Crippen molar-refractivity contribution in [3.8, 4) is 0 Å². The largest absolute Gasteiger partial charge is 0.332 e. The highest BCUT2D eigenvalue weighted by Gasteiger charge is 2.01. The number of nitrogens with one attached hydrogen (secondary N) is 2. The standard InChI is InChI=1S/C14H11FN2OS2/c15-10-3-5-11(6-4-10)16-14(19)17-13(18)8-7-12-2-1-9-20-12/h1-9H,(H2,16,17,18,19)/b8-7+. The Bertz CT molecular complexity index is 621. The van der Waals surface area contributed by atoms with Crippen LogP contribution in [-0.4, -0.2) is 11.0 Å². The quantitative estimate of drug-likeness (QED) is 0.674. The van der Waals surface area contributed by atoms with Crippen LogP contribution in [0, 0.1) is 5.82 Å². The number of thiocarbonyl (C=S) groups is 1. The van der Waals surface area contributed by atoms with Gasteiger partial charge in [-0.25, -0.2) is 4.39 Å². The van der Waals surface area contributed by atoms with Gasteiger partial charge in [-0.3, -0.25) is 10.1 Å². The molecule has 6 heteroatoms. The summed E-state index contributed by atoms with van der Waals surface area (Å²) in [4.78, 5) is 12.6. The summed E-state index contributed by atoms with van der Waals surface area (Å²) in [5, 5.41) is 7.40. The fourth-order valence-electron chi connectivity index (χ4n) is 1.39. The molecule has 0 unspecified atom stereocenters. The molecule has 3 nitrogen and oxygen atoms in total. The van der Waals surface area contributed by atoms with Crippen LogP contribution in [0.15, 0.2) is 47.9 Å². The molecule has 0 saturated carbocycles. The smallest absolute Gasteiger partial charge is 0.250 e. The average Bonchev–Trinajstić information content (AvgIpc) is 2.92. The maximum absolute atomic E-state index is 12.7. The van der Waals surface area contributed by atoms with Crippen LogP contribution in [0.25, 0.3) is 6.08 Å². The Kier molecular flexibility index (Phi) is 4.97. The van der Waals surface area contributed by atoms with Crippen LogP contribution in [0.2, 0.25) is 0 Å². The molecule has 2 aromatic rings. The minimum Gasteiger partial charge on any atom is -0.332 e. The van der Waals surface area contributed by atoms with E-state index in [-0.39, 0.29) is 16.8 Å². The van der Waals surface area contributed by atoms with E-state index in [1.165, 1.54) is 41.7 Å². The summed E-state index contributed by atoms with van der Waals surface area (Å²) < 4.78 is 12.7. The van der Waals surface area contributed by atoms with Gasteiger partial charge in [0.25, 0.3) is 0 Å². The van der Waals surface area contributed by atoms with Gasteiger partial charge in [-0.2, -0.15) is 0 Å². The van der Waals surface area contributed by atoms with Crippen LogP contribution in [0.1, 0.15) is 4.88 Å². The summed E-state index contributed by atoms with van der Waals surface area (Å²) in [5.74, 6) is -0.651. The molecule has 0 radical (unpaired) electrons. The van der Waals surface area contributed by atoms with Crippen molar-refractivity contribution in [3.63, 3.8) is 0 Å². The Morgan fingerprint density at radius 3 is 2.65 bits per heavy atom. The molecule has 2 rings (SSSR count). The van der Waals surface area contributed by atoms with Crippen molar-refractivity contribution in [2.24, 2.45) is 0 Å². The van der Waals surface area contributed by atoms with E-state index in [1.807, 2.05) is 17.5 Å². The van der Waals surface area contributed by atoms with Crippen LogP contribution < -0.4 is 10.6 Å². The van der Waals surface area contributed by atoms with Crippen molar-refractivity contribution in [3.05, 3.63) is 58.5 Å². The molecule has 1 amide bonds. The summed E-state index contributed by atoms with van der Waals surface area (Å²) in [6.07, 6.45) is 3.12. The first-order valence-corrected chi connectivity index (χ1v) is 7.01. The number of carbonyl (C=O) groups excluding carboxylic acids is 1. The van der Waals surface area contributed by atoms with Gasteiger partial charge in [0.2, 0.25) is 5.91 Å². The highest BCUT2D eigenvalue weighted by atomic mass is 32.1. The third kappa shape index (κ3) is 4.56. The average molecular weight is 306 g/mol. The van der Waals surface area contributed by atoms with E-state index in [0.29, 0.717) is 5.69 Å². The lowest BCUT2D eigenvalue weighted by molar-refractivity contribution is -0.115. The Labute approximate surface area is 125 Å².